The van der Waals surface area contributed by atoms with Crippen LogP contribution in [0.5, 0.6) is 0 Å². The normalized spacial score (nSPS) is 11.6. The third-order valence-corrected chi connectivity index (χ3v) is 9.48. The highest BCUT2D eigenvalue weighted by molar-refractivity contribution is 6.03. The molecule has 0 amide bonds. The zero-order valence-corrected chi connectivity index (χ0v) is 26.8. The molecule has 0 saturated heterocycles. The standard InChI is InChI=1S/C45H27N5/c1-2-9-38-32(5-1)26-37(27-47-38)43-21-16-36-24-31(14-19-41(36)49-43)30-13-18-40-35(23-30)15-20-39(48-40)33-6-3-7-34(25-33)42-17-12-29-11-10-28-8-4-22-46-44(28)45(29)50-42/h1-27H. The van der Waals surface area contributed by atoms with Crippen molar-refractivity contribution in [1.29, 1.82) is 0 Å². The maximum Gasteiger partial charge on any atom is 0.0972 e. The van der Waals surface area contributed by atoms with Gasteiger partial charge in [0.2, 0.25) is 0 Å². The van der Waals surface area contributed by atoms with Crippen molar-refractivity contribution < 1.29 is 0 Å². The van der Waals surface area contributed by atoms with Crippen LogP contribution in [0.4, 0.5) is 0 Å². The minimum Gasteiger partial charge on any atom is -0.256 e. The Hall–Kier alpha value is -6.85. The number of hydrogen-bond acceptors (Lipinski definition) is 5. The van der Waals surface area contributed by atoms with Crippen molar-refractivity contribution in [2.24, 2.45) is 0 Å². The fourth-order valence-corrected chi connectivity index (χ4v) is 6.87. The number of hydrogen-bond donors (Lipinski definition) is 0. The van der Waals surface area contributed by atoms with Crippen molar-refractivity contribution in [3.05, 3.63) is 164 Å². The Morgan fingerprint density at radius 2 is 0.860 bits per heavy atom. The molecule has 0 spiro atoms. The molecule has 0 saturated carbocycles. The second kappa shape index (κ2) is 11.4. The van der Waals surface area contributed by atoms with E-state index in [0.717, 1.165) is 99.4 Å². The minimum atomic E-state index is 0.912. The first-order valence-corrected chi connectivity index (χ1v) is 16.6. The zero-order chi connectivity index (χ0) is 33.0. The van der Waals surface area contributed by atoms with Gasteiger partial charge in [-0.3, -0.25) is 9.97 Å². The molecule has 5 nitrogen and oxygen atoms in total. The van der Waals surface area contributed by atoms with Gasteiger partial charge in [-0.25, -0.2) is 15.0 Å². The number of rotatable bonds is 4. The lowest BCUT2D eigenvalue weighted by Gasteiger charge is -2.10. The summed E-state index contributed by atoms with van der Waals surface area (Å²) in [5.41, 5.74) is 12.9. The van der Waals surface area contributed by atoms with Crippen molar-refractivity contribution in [3.8, 4) is 44.9 Å². The van der Waals surface area contributed by atoms with Crippen LogP contribution in [0.2, 0.25) is 0 Å². The third-order valence-electron chi connectivity index (χ3n) is 9.48. The molecule has 5 heteroatoms. The molecule has 0 atom stereocenters. The maximum atomic E-state index is 5.07. The molecule has 10 aromatic rings. The molecule has 0 radical (unpaired) electrons. The Bertz CT molecular complexity index is 2950. The van der Waals surface area contributed by atoms with Crippen LogP contribution in [0, 0.1) is 0 Å². The molecule has 0 aliphatic heterocycles. The minimum absolute atomic E-state index is 0.912. The summed E-state index contributed by atoms with van der Waals surface area (Å²) in [7, 11) is 0. The number of aromatic nitrogens is 5. The van der Waals surface area contributed by atoms with Crippen molar-refractivity contribution in [1.82, 2.24) is 24.9 Å². The summed E-state index contributed by atoms with van der Waals surface area (Å²) in [4.78, 5) is 24.3. The number of pyridine rings is 5. The van der Waals surface area contributed by atoms with Gasteiger partial charge in [0.05, 0.1) is 44.7 Å². The van der Waals surface area contributed by atoms with Gasteiger partial charge >= 0.3 is 0 Å². The predicted octanol–water partition coefficient (Wildman–Crippen LogP) is 11.1. The molecular formula is C45H27N5. The van der Waals surface area contributed by atoms with Gasteiger partial charge in [0.1, 0.15) is 0 Å². The van der Waals surface area contributed by atoms with Gasteiger partial charge in [0.25, 0.3) is 0 Å². The lowest BCUT2D eigenvalue weighted by Crippen LogP contribution is -1.90. The fourth-order valence-electron chi connectivity index (χ4n) is 6.87. The molecule has 5 aromatic carbocycles. The fraction of sp³-hybridized carbons (Fsp3) is 0. The topological polar surface area (TPSA) is 64.5 Å². The van der Waals surface area contributed by atoms with E-state index in [1.54, 1.807) is 0 Å². The Labute approximate surface area is 287 Å². The van der Waals surface area contributed by atoms with Gasteiger partial charge in [-0.2, -0.15) is 0 Å². The van der Waals surface area contributed by atoms with Crippen molar-refractivity contribution in [2.75, 3.05) is 0 Å². The van der Waals surface area contributed by atoms with Crippen LogP contribution in [0.25, 0.3) is 99.4 Å². The van der Waals surface area contributed by atoms with Crippen molar-refractivity contribution >= 4 is 54.5 Å². The zero-order valence-electron chi connectivity index (χ0n) is 26.8. The first-order chi connectivity index (χ1) is 24.7. The van der Waals surface area contributed by atoms with E-state index in [4.69, 9.17) is 15.0 Å². The van der Waals surface area contributed by atoms with E-state index >= 15 is 0 Å². The number of fused-ring (bicyclic) bond motifs is 6. The Kier molecular flexibility index (Phi) is 6.42. The number of nitrogens with zero attached hydrogens (tertiary/aromatic N) is 5. The van der Waals surface area contributed by atoms with Crippen molar-refractivity contribution in [2.45, 2.75) is 0 Å². The molecule has 0 N–H and O–H groups in total. The molecule has 232 valence electrons. The van der Waals surface area contributed by atoms with Crippen LogP contribution in [0.15, 0.2) is 164 Å². The molecule has 0 unspecified atom stereocenters. The van der Waals surface area contributed by atoms with Gasteiger partial charge in [-0.15, -0.1) is 0 Å². The molecule has 0 aliphatic carbocycles. The Morgan fingerprint density at radius 3 is 1.60 bits per heavy atom. The number of para-hydroxylation sites is 1. The molecule has 0 aliphatic rings. The Balaban J connectivity index is 0.946. The molecule has 5 aromatic heterocycles. The van der Waals surface area contributed by atoms with E-state index in [-0.39, 0.29) is 0 Å². The van der Waals surface area contributed by atoms with Gasteiger partial charge < -0.3 is 0 Å². The van der Waals surface area contributed by atoms with Crippen LogP contribution in [-0.4, -0.2) is 24.9 Å². The smallest absolute Gasteiger partial charge is 0.0972 e. The van der Waals surface area contributed by atoms with E-state index in [9.17, 15) is 0 Å². The van der Waals surface area contributed by atoms with Crippen LogP contribution >= 0.6 is 0 Å². The van der Waals surface area contributed by atoms with E-state index in [0.29, 0.717) is 0 Å². The van der Waals surface area contributed by atoms with E-state index in [1.165, 1.54) is 0 Å². The largest absolute Gasteiger partial charge is 0.256 e. The predicted molar refractivity (Wildman–Crippen MR) is 205 cm³/mol. The molecule has 5 heterocycles. The summed E-state index contributed by atoms with van der Waals surface area (Å²) in [6.45, 7) is 0. The summed E-state index contributed by atoms with van der Waals surface area (Å²) in [5.74, 6) is 0. The van der Waals surface area contributed by atoms with Crippen LogP contribution in [-0.2, 0) is 0 Å². The average molecular weight is 638 g/mol. The highest BCUT2D eigenvalue weighted by Crippen LogP contribution is 2.32. The molecule has 50 heavy (non-hydrogen) atoms. The quantitative estimate of drug-likeness (QED) is 0.180. The lowest BCUT2D eigenvalue weighted by atomic mass is 10.00. The summed E-state index contributed by atoms with van der Waals surface area (Å²) >= 11 is 0. The van der Waals surface area contributed by atoms with E-state index < -0.39 is 0 Å². The van der Waals surface area contributed by atoms with Crippen LogP contribution in [0.3, 0.4) is 0 Å². The number of benzene rings is 5. The van der Waals surface area contributed by atoms with Crippen molar-refractivity contribution in [3.63, 3.8) is 0 Å². The van der Waals surface area contributed by atoms with Gasteiger partial charge in [0.15, 0.2) is 0 Å². The average Bonchev–Trinajstić information content (AvgIpc) is 3.19. The molecular weight excluding hydrogens is 611 g/mol. The van der Waals surface area contributed by atoms with E-state index in [1.807, 2.05) is 36.7 Å². The van der Waals surface area contributed by atoms with Gasteiger partial charge in [-0.1, -0.05) is 84.9 Å². The highest BCUT2D eigenvalue weighted by Gasteiger charge is 2.10. The lowest BCUT2D eigenvalue weighted by molar-refractivity contribution is 1.35. The van der Waals surface area contributed by atoms with Gasteiger partial charge in [0, 0.05) is 56.0 Å². The third kappa shape index (κ3) is 4.92. The first-order valence-electron chi connectivity index (χ1n) is 16.6. The monoisotopic (exact) mass is 637 g/mol. The Morgan fingerprint density at radius 1 is 0.300 bits per heavy atom. The maximum absolute atomic E-state index is 5.07. The van der Waals surface area contributed by atoms with Crippen LogP contribution in [0.1, 0.15) is 0 Å². The highest BCUT2D eigenvalue weighted by atomic mass is 14.8. The first kappa shape index (κ1) is 28.2. The second-order valence-corrected chi connectivity index (χ2v) is 12.6. The summed E-state index contributed by atoms with van der Waals surface area (Å²) < 4.78 is 0. The SMILES string of the molecule is c1cc(-c2ccc3cc(-c4ccc5nc(-c6cnc7ccccc7c6)ccc5c4)ccc3n2)cc(-c2ccc3ccc4cccnc4c3n2)c1. The molecule has 0 fully saturated rings. The van der Waals surface area contributed by atoms with E-state index in [2.05, 4.69) is 137 Å². The van der Waals surface area contributed by atoms with Gasteiger partial charge in [-0.05, 0) is 77.9 Å². The summed E-state index contributed by atoms with van der Waals surface area (Å²) in [6.07, 6.45) is 3.72. The van der Waals surface area contributed by atoms with Crippen LogP contribution < -0.4 is 0 Å². The second-order valence-electron chi connectivity index (χ2n) is 12.6. The summed E-state index contributed by atoms with van der Waals surface area (Å²) in [5, 5.41) is 5.47. The summed E-state index contributed by atoms with van der Waals surface area (Å²) in [6, 6.07) is 52.6. The molecule has 10 rings (SSSR count). The molecule has 0 bridgehead atoms.